The third-order valence-electron chi connectivity index (χ3n) is 3.78. The minimum Gasteiger partial charge on any atom is -0.248 e. The van der Waals surface area contributed by atoms with Gasteiger partial charge in [-0.15, -0.1) is 0 Å². The Kier molecular flexibility index (Phi) is 3.57. The van der Waals surface area contributed by atoms with Crippen molar-refractivity contribution in [2.45, 2.75) is 20.3 Å². The molecule has 0 saturated carbocycles. The van der Waals surface area contributed by atoms with Crippen LogP contribution >= 0.6 is 0 Å². The smallest absolute Gasteiger partial charge is 0.181 e. The van der Waals surface area contributed by atoms with Crippen LogP contribution in [0.1, 0.15) is 24.7 Å². The van der Waals surface area contributed by atoms with Crippen molar-refractivity contribution in [2.24, 2.45) is 7.05 Å². The van der Waals surface area contributed by atoms with E-state index in [4.69, 9.17) is 4.98 Å². The Bertz CT molecular complexity index is 761. The highest BCUT2D eigenvalue weighted by atomic mass is 15.3. The van der Waals surface area contributed by atoms with Crippen molar-refractivity contribution in [3.05, 3.63) is 65.5 Å². The summed E-state index contributed by atoms with van der Waals surface area (Å²) < 4.78 is 1.87. The van der Waals surface area contributed by atoms with Gasteiger partial charge in [-0.05, 0) is 25.8 Å². The molecule has 0 radical (unpaired) electrons. The van der Waals surface area contributed by atoms with Crippen molar-refractivity contribution in [1.82, 2.24) is 14.8 Å². The standard InChI is InChI=1S/C18H19N3/c1-13-9-5-4-6-11-15(13)17-19-18(21(3)20-17)16-12-8-7-10-14(16)2/h4-8,10-12H,9H2,1-3H3. The number of hydrogen-bond donors (Lipinski definition) is 0. The first-order valence-corrected chi connectivity index (χ1v) is 7.17. The summed E-state index contributed by atoms with van der Waals surface area (Å²) in [6, 6.07) is 8.28. The SMILES string of the molecule is CC1=C(c2nc(-c3ccccc3C)n(C)n2)C=CC=CC1. The van der Waals surface area contributed by atoms with Crippen molar-refractivity contribution in [2.75, 3.05) is 0 Å². The Balaban J connectivity index is 2.09. The highest BCUT2D eigenvalue weighted by molar-refractivity contribution is 5.74. The largest absolute Gasteiger partial charge is 0.248 e. The van der Waals surface area contributed by atoms with Gasteiger partial charge in [-0.2, -0.15) is 5.10 Å². The Hall–Kier alpha value is -2.42. The summed E-state index contributed by atoms with van der Waals surface area (Å²) in [7, 11) is 1.95. The summed E-state index contributed by atoms with van der Waals surface area (Å²) in [5.41, 5.74) is 4.76. The molecule has 0 aliphatic heterocycles. The summed E-state index contributed by atoms with van der Waals surface area (Å²) in [6.45, 7) is 4.24. The zero-order chi connectivity index (χ0) is 14.8. The minimum absolute atomic E-state index is 0.799. The molecule has 0 atom stereocenters. The number of aromatic nitrogens is 3. The fraction of sp³-hybridized carbons (Fsp3) is 0.222. The molecule has 1 heterocycles. The lowest BCUT2D eigenvalue weighted by atomic mass is 10.1. The zero-order valence-electron chi connectivity index (χ0n) is 12.7. The van der Waals surface area contributed by atoms with E-state index in [-0.39, 0.29) is 0 Å². The average Bonchev–Trinajstić information content (AvgIpc) is 2.71. The minimum atomic E-state index is 0.799. The third-order valence-corrected chi connectivity index (χ3v) is 3.78. The Morgan fingerprint density at radius 3 is 2.71 bits per heavy atom. The maximum absolute atomic E-state index is 4.77. The molecule has 2 aromatic rings. The molecule has 1 aliphatic carbocycles. The predicted octanol–water partition coefficient (Wildman–Crippen LogP) is 4.08. The molecule has 1 aromatic carbocycles. The average molecular weight is 277 g/mol. The Labute approximate surface area is 125 Å². The maximum Gasteiger partial charge on any atom is 0.181 e. The van der Waals surface area contributed by atoms with E-state index >= 15 is 0 Å². The van der Waals surface area contributed by atoms with Gasteiger partial charge in [0.15, 0.2) is 11.6 Å². The summed E-state index contributed by atoms with van der Waals surface area (Å²) in [6.07, 6.45) is 9.32. The van der Waals surface area contributed by atoms with Crippen LogP contribution in [0.2, 0.25) is 0 Å². The molecule has 3 nitrogen and oxygen atoms in total. The number of aryl methyl sites for hydroxylation is 2. The first kappa shape index (κ1) is 13.6. The molecule has 3 rings (SSSR count). The van der Waals surface area contributed by atoms with E-state index in [1.165, 1.54) is 11.1 Å². The molecule has 1 aliphatic rings. The van der Waals surface area contributed by atoms with Crippen LogP contribution in [0.4, 0.5) is 0 Å². The third kappa shape index (κ3) is 2.59. The molecular weight excluding hydrogens is 258 g/mol. The second kappa shape index (κ2) is 5.52. The maximum atomic E-state index is 4.77. The number of benzene rings is 1. The lowest BCUT2D eigenvalue weighted by Crippen LogP contribution is -1.96. The molecule has 106 valence electrons. The lowest BCUT2D eigenvalue weighted by Gasteiger charge is -2.03. The second-order valence-electron chi connectivity index (χ2n) is 5.38. The summed E-state index contributed by atoms with van der Waals surface area (Å²) in [4.78, 5) is 4.77. The number of nitrogens with zero attached hydrogens (tertiary/aromatic N) is 3. The highest BCUT2D eigenvalue weighted by Gasteiger charge is 2.14. The molecule has 0 bridgehead atoms. The fourth-order valence-electron chi connectivity index (χ4n) is 2.55. The molecule has 0 unspecified atom stereocenters. The van der Waals surface area contributed by atoms with Crippen LogP contribution in [0.15, 0.2) is 54.1 Å². The van der Waals surface area contributed by atoms with Gasteiger partial charge in [0, 0.05) is 18.2 Å². The molecule has 0 N–H and O–H groups in total. The van der Waals surface area contributed by atoms with Gasteiger partial charge in [0.05, 0.1) is 0 Å². The van der Waals surface area contributed by atoms with Crippen LogP contribution in [0.25, 0.3) is 17.0 Å². The van der Waals surface area contributed by atoms with Gasteiger partial charge >= 0.3 is 0 Å². The van der Waals surface area contributed by atoms with Crippen molar-refractivity contribution in [1.29, 1.82) is 0 Å². The van der Waals surface area contributed by atoms with E-state index in [1.54, 1.807) is 0 Å². The summed E-state index contributed by atoms with van der Waals surface area (Å²) >= 11 is 0. The van der Waals surface area contributed by atoms with Crippen LogP contribution in [0.3, 0.4) is 0 Å². The first-order chi connectivity index (χ1) is 10.2. The van der Waals surface area contributed by atoms with Crippen molar-refractivity contribution in [3.63, 3.8) is 0 Å². The molecule has 3 heteroatoms. The van der Waals surface area contributed by atoms with E-state index in [1.807, 2.05) is 23.9 Å². The van der Waals surface area contributed by atoms with Crippen LogP contribution in [-0.2, 0) is 7.05 Å². The van der Waals surface area contributed by atoms with E-state index in [9.17, 15) is 0 Å². The Morgan fingerprint density at radius 1 is 1.10 bits per heavy atom. The summed E-state index contributed by atoms with van der Waals surface area (Å²) in [5.74, 6) is 1.71. The molecule has 0 fully saturated rings. The molecule has 0 saturated heterocycles. The first-order valence-electron chi connectivity index (χ1n) is 7.17. The van der Waals surface area contributed by atoms with E-state index in [0.717, 1.165) is 29.2 Å². The number of allylic oxidation sites excluding steroid dienone is 6. The van der Waals surface area contributed by atoms with E-state index in [0.29, 0.717) is 0 Å². The van der Waals surface area contributed by atoms with Crippen LogP contribution in [0.5, 0.6) is 0 Å². The van der Waals surface area contributed by atoms with Crippen molar-refractivity contribution in [3.8, 4) is 11.4 Å². The zero-order valence-corrected chi connectivity index (χ0v) is 12.7. The van der Waals surface area contributed by atoms with Gasteiger partial charge in [-0.25, -0.2) is 9.67 Å². The Morgan fingerprint density at radius 2 is 1.90 bits per heavy atom. The van der Waals surface area contributed by atoms with Gasteiger partial charge in [0.1, 0.15) is 0 Å². The monoisotopic (exact) mass is 277 g/mol. The predicted molar refractivity (Wildman–Crippen MR) is 86.7 cm³/mol. The van der Waals surface area contributed by atoms with Crippen molar-refractivity contribution >= 4 is 5.57 Å². The second-order valence-corrected chi connectivity index (χ2v) is 5.38. The normalized spacial score (nSPS) is 14.6. The number of rotatable bonds is 2. The van der Waals surface area contributed by atoms with Gasteiger partial charge in [-0.3, -0.25) is 0 Å². The van der Waals surface area contributed by atoms with Gasteiger partial charge in [-0.1, -0.05) is 54.1 Å². The van der Waals surface area contributed by atoms with Crippen LogP contribution in [-0.4, -0.2) is 14.8 Å². The van der Waals surface area contributed by atoms with Gasteiger partial charge in [0.25, 0.3) is 0 Å². The molecular formula is C18H19N3. The van der Waals surface area contributed by atoms with Crippen molar-refractivity contribution < 1.29 is 0 Å². The van der Waals surface area contributed by atoms with Gasteiger partial charge in [0.2, 0.25) is 0 Å². The highest BCUT2D eigenvalue weighted by Crippen LogP contribution is 2.26. The molecule has 0 amide bonds. The van der Waals surface area contributed by atoms with Gasteiger partial charge < -0.3 is 0 Å². The van der Waals surface area contributed by atoms with Crippen LogP contribution < -0.4 is 0 Å². The lowest BCUT2D eigenvalue weighted by molar-refractivity contribution is 0.770. The molecule has 1 aromatic heterocycles. The number of hydrogen-bond acceptors (Lipinski definition) is 2. The molecule has 0 spiro atoms. The topological polar surface area (TPSA) is 30.7 Å². The van der Waals surface area contributed by atoms with Crippen LogP contribution in [0, 0.1) is 6.92 Å². The molecule has 21 heavy (non-hydrogen) atoms. The fourth-order valence-corrected chi connectivity index (χ4v) is 2.55. The van der Waals surface area contributed by atoms with E-state index in [2.05, 4.69) is 55.4 Å². The quantitative estimate of drug-likeness (QED) is 0.828. The van der Waals surface area contributed by atoms with E-state index < -0.39 is 0 Å². The summed E-state index contributed by atoms with van der Waals surface area (Å²) in [5, 5.41) is 4.61.